The summed E-state index contributed by atoms with van der Waals surface area (Å²) in [6.07, 6.45) is 4.02. The van der Waals surface area contributed by atoms with E-state index in [0.717, 1.165) is 38.0 Å². The first kappa shape index (κ1) is 21.7. The number of aromatic nitrogens is 2. The number of carbonyl (C=O) groups is 2. The van der Waals surface area contributed by atoms with Crippen molar-refractivity contribution in [2.75, 3.05) is 25.5 Å². The highest BCUT2D eigenvalue weighted by Gasteiger charge is 2.25. The minimum Gasteiger partial charge on any atom is -0.487 e. The van der Waals surface area contributed by atoms with Crippen molar-refractivity contribution in [1.29, 1.82) is 0 Å². The van der Waals surface area contributed by atoms with E-state index >= 15 is 0 Å². The zero-order valence-electron chi connectivity index (χ0n) is 17.8. The fraction of sp³-hybridized carbons (Fsp3) is 0.455. The van der Waals surface area contributed by atoms with Crippen molar-refractivity contribution in [3.05, 3.63) is 47.4 Å². The van der Waals surface area contributed by atoms with Crippen LogP contribution in [0.2, 0.25) is 0 Å². The summed E-state index contributed by atoms with van der Waals surface area (Å²) in [6, 6.07) is 7.38. The zero-order chi connectivity index (χ0) is 21.5. The molecule has 160 valence electrons. The molecule has 1 aliphatic rings. The van der Waals surface area contributed by atoms with Gasteiger partial charge < -0.3 is 15.4 Å². The first-order valence-electron chi connectivity index (χ1n) is 10.3. The fourth-order valence-corrected chi connectivity index (χ4v) is 3.48. The van der Waals surface area contributed by atoms with Crippen LogP contribution in [0.15, 0.2) is 30.5 Å². The van der Waals surface area contributed by atoms with Gasteiger partial charge in [0.2, 0.25) is 5.91 Å². The quantitative estimate of drug-likeness (QED) is 0.693. The maximum absolute atomic E-state index is 11.8. The number of ether oxygens (including phenoxy) is 1. The molecule has 1 unspecified atom stereocenters. The van der Waals surface area contributed by atoms with Gasteiger partial charge in [-0.3, -0.25) is 14.5 Å². The highest BCUT2D eigenvalue weighted by molar-refractivity contribution is 5.92. The Kier molecular flexibility index (Phi) is 7.35. The minimum absolute atomic E-state index is 0.0109. The summed E-state index contributed by atoms with van der Waals surface area (Å²) in [5.74, 6) is 1.08. The van der Waals surface area contributed by atoms with Gasteiger partial charge in [-0.1, -0.05) is 6.92 Å². The molecule has 2 amide bonds. The summed E-state index contributed by atoms with van der Waals surface area (Å²) >= 11 is 0. The third-order valence-corrected chi connectivity index (χ3v) is 4.99. The number of anilines is 1. The average Bonchev–Trinajstić information content (AvgIpc) is 3.16. The van der Waals surface area contributed by atoms with E-state index in [2.05, 4.69) is 25.5 Å². The lowest BCUT2D eigenvalue weighted by Gasteiger charge is -2.18. The Labute approximate surface area is 177 Å². The molecule has 3 rings (SSSR count). The van der Waals surface area contributed by atoms with Gasteiger partial charge in [0.25, 0.3) is 5.91 Å². The van der Waals surface area contributed by atoms with Crippen molar-refractivity contribution in [2.24, 2.45) is 0 Å². The topological polar surface area (TPSA) is 96.5 Å². The first-order chi connectivity index (χ1) is 14.5. The number of hydrogen-bond acceptors (Lipinski definition) is 6. The lowest BCUT2D eigenvalue weighted by Crippen LogP contribution is -2.25. The van der Waals surface area contributed by atoms with E-state index in [0.29, 0.717) is 29.4 Å². The standard InChI is InChI=1S/C22H29N5O3/c1-4-5-21(28)26-20-12-16(8-10-24-20)13-27-11-9-17(14-27)30-19-7-6-18(22(29)23-3)25-15(19)2/h6-8,10,12,17H,4-5,9,11,13-14H2,1-3H3,(H,23,29)(H,24,26,28). The molecule has 2 N–H and O–H groups in total. The van der Waals surface area contributed by atoms with Crippen LogP contribution in [0.1, 0.15) is 47.9 Å². The van der Waals surface area contributed by atoms with Crippen LogP contribution in [0, 0.1) is 6.92 Å². The van der Waals surface area contributed by atoms with Gasteiger partial charge in [-0.05, 0) is 49.6 Å². The number of carbonyl (C=O) groups excluding carboxylic acids is 2. The molecule has 2 aromatic rings. The van der Waals surface area contributed by atoms with Crippen molar-refractivity contribution in [3.63, 3.8) is 0 Å². The zero-order valence-corrected chi connectivity index (χ0v) is 17.8. The van der Waals surface area contributed by atoms with Crippen LogP contribution in [0.3, 0.4) is 0 Å². The predicted molar refractivity (Wildman–Crippen MR) is 114 cm³/mol. The van der Waals surface area contributed by atoms with E-state index in [1.54, 1.807) is 19.3 Å². The van der Waals surface area contributed by atoms with Crippen LogP contribution in [0.5, 0.6) is 5.75 Å². The normalized spacial score (nSPS) is 16.3. The van der Waals surface area contributed by atoms with E-state index in [4.69, 9.17) is 4.74 Å². The van der Waals surface area contributed by atoms with Gasteiger partial charge in [0.15, 0.2) is 0 Å². The molecule has 3 heterocycles. The second kappa shape index (κ2) is 10.2. The van der Waals surface area contributed by atoms with Crippen molar-refractivity contribution < 1.29 is 14.3 Å². The molecule has 0 radical (unpaired) electrons. The minimum atomic E-state index is -0.209. The van der Waals surface area contributed by atoms with Gasteiger partial charge in [0, 0.05) is 39.3 Å². The van der Waals surface area contributed by atoms with Crippen LogP contribution in [0.25, 0.3) is 0 Å². The smallest absolute Gasteiger partial charge is 0.269 e. The van der Waals surface area contributed by atoms with Gasteiger partial charge in [-0.2, -0.15) is 0 Å². The molecule has 1 fully saturated rings. The molecule has 0 aliphatic carbocycles. The second-order valence-electron chi connectivity index (χ2n) is 7.47. The number of pyridine rings is 2. The molecule has 0 bridgehead atoms. The molecular formula is C22H29N5O3. The summed E-state index contributed by atoms with van der Waals surface area (Å²) in [4.78, 5) is 34.4. The monoisotopic (exact) mass is 411 g/mol. The summed E-state index contributed by atoms with van der Waals surface area (Å²) in [7, 11) is 1.59. The number of nitrogens with zero attached hydrogens (tertiary/aromatic N) is 3. The number of amides is 2. The maximum Gasteiger partial charge on any atom is 0.269 e. The number of hydrogen-bond donors (Lipinski definition) is 2. The number of rotatable bonds is 8. The van der Waals surface area contributed by atoms with Crippen molar-refractivity contribution in [3.8, 4) is 5.75 Å². The van der Waals surface area contributed by atoms with Gasteiger partial charge >= 0.3 is 0 Å². The number of nitrogens with one attached hydrogen (secondary N) is 2. The fourth-order valence-electron chi connectivity index (χ4n) is 3.48. The molecule has 30 heavy (non-hydrogen) atoms. The number of likely N-dealkylation sites (tertiary alicyclic amines) is 1. The Bertz CT molecular complexity index is 902. The van der Waals surface area contributed by atoms with Crippen molar-refractivity contribution >= 4 is 17.6 Å². The molecule has 1 aliphatic heterocycles. The summed E-state index contributed by atoms with van der Waals surface area (Å²) in [5.41, 5.74) is 2.19. The third-order valence-electron chi connectivity index (χ3n) is 4.99. The Hall–Kier alpha value is -3.00. The summed E-state index contributed by atoms with van der Waals surface area (Å²) in [6.45, 7) is 6.32. The molecule has 8 nitrogen and oxygen atoms in total. The molecule has 1 saturated heterocycles. The second-order valence-corrected chi connectivity index (χ2v) is 7.47. The predicted octanol–water partition coefficient (Wildman–Crippen LogP) is 2.54. The average molecular weight is 412 g/mol. The third kappa shape index (κ3) is 5.76. The lowest BCUT2D eigenvalue weighted by molar-refractivity contribution is -0.116. The van der Waals surface area contributed by atoms with E-state index < -0.39 is 0 Å². The van der Waals surface area contributed by atoms with Gasteiger partial charge in [0.05, 0.1) is 5.69 Å². The van der Waals surface area contributed by atoms with Crippen molar-refractivity contribution in [1.82, 2.24) is 20.2 Å². The summed E-state index contributed by atoms with van der Waals surface area (Å²) < 4.78 is 6.14. The van der Waals surface area contributed by atoms with Crippen molar-refractivity contribution in [2.45, 2.75) is 45.8 Å². The van der Waals surface area contributed by atoms with Gasteiger partial charge in [0.1, 0.15) is 23.4 Å². The molecule has 0 spiro atoms. The largest absolute Gasteiger partial charge is 0.487 e. The van der Waals surface area contributed by atoms with E-state index in [1.807, 2.05) is 32.0 Å². The first-order valence-corrected chi connectivity index (χ1v) is 10.3. The SMILES string of the molecule is CCCC(=O)Nc1cc(CN2CCC(Oc3ccc(C(=O)NC)nc3C)C2)ccn1. The Morgan fingerprint density at radius 3 is 2.87 bits per heavy atom. The maximum atomic E-state index is 11.8. The molecular weight excluding hydrogens is 382 g/mol. The Morgan fingerprint density at radius 1 is 1.30 bits per heavy atom. The molecule has 8 heteroatoms. The van der Waals surface area contributed by atoms with E-state index in [9.17, 15) is 9.59 Å². The highest BCUT2D eigenvalue weighted by atomic mass is 16.5. The van der Waals surface area contributed by atoms with E-state index in [1.165, 1.54) is 0 Å². The van der Waals surface area contributed by atoms with Crippen LogP contribution in [-0.2, 0) is 11.3 Å². The highest BCUT2D eigenvalue weighted by Crippen LogP contribution is 2.23. The molecule has 0 saturated carbocycles. The summed E-state index contributed by atoms with van der Waals surface area (Å²) in [5, 5.41) is 5.42. The van der Waals surface area contributed by atoms with Crippen LogP contribution < -0.4 is 15.4 Å². The molecule has 1 atom stereocenters. The van der Waals surface area contributed by atoms with Crippen LogP contribution in [0.4, 0.5) is 5.82 Å². The van der Waals surface area contributed by atoms with Crippen LogP contribution >= 0.6 is 0 Å². The lowest BCUT2D eigenvalue weighted by atomic mass is 10.2. The molecule has 0 aromatic carbocycles. The molecule has 2 aromatic heterocycles. The van der Waals surface area contributed by atoms with Gasteiger partial charge in [-0.15, -0.1) is 0 Å². The Morgan fingerprint density at radius 2 is 2.13 bits per heavy atom. The van der Waals surface area contributed by atoms with Gasteiger partial charge in [-0.25, -0.2) is 9.97 Å². The Balaban J connectivity index is 1.55. The van der Waals surface area contributed by atoms with Crippen LogP contribution in [-0.4, -0.2) is 52.9 Å². The van der Waals surface area contributed by atoms with E-state index in [-0.39, 0.29) is 17.9 Å². The number of aryl methyl sites for hydroxylation is 1.